The van der Waals surface area contributed by atoms with Crippen molar-refractivity contribution in [2.24, 2.45) is 10.2 Å². The lowest BCUT2D eigenvalue weighted by molar-refractivity contribution is -0.114. The predicted octanol–water partition coefficient (Wildman–Crippen LogP) is 6.19. The number of nitrogens with zero attached hydrogens (tertiary/aromatic N) is 5. The molecule has 3 N–H and O–H groups in total. The number of nitriles is 1. The maximum Gasteiger partial charge on any atom is 0.270 e. The molecule has 1 aliphatic carbocycles. The monoisotopic (exact) mass is 499 g/mol. The van der Waals surface area contributed by atoms with Gasteiger partial charge in [0.2, 0.25) is 11.0 Å². The highest BCUT2D eigenvalue weighted by Gasteiger charge is 2.32. The van der Waals surface area contributed by atoms with Crippen molar-refractivity contribution in [1.82, 2.24) is 4.98 Å². The zero-order chi connectivity index (χ0) is 25.1. The minimum atomic E-state index is -0.318. The van der Waals surface area contributed by atoms with E-state index < -0.39 is 0 Å². The summed E-state index contributed by atoms with van der Waals surface area (Å²) in [6.45, 7) is 8.73. The first-order valence-electron chi connectivity index (χ1n) is 9.95. The van der Waals surface area contributed by atoms with Crippen molar-refractivity contribution in [1.29, 1.82) is 5.26 Å². The second kappa shape index (κ2) is 9.69. The van der Waals surface area contributed by atoms with Crippen LogP contribution in [0.1, 0.15) is 27.7 Å². The molecule has 1 aliphatic rings. The molecule has 0 spiro atoms. The molecule has 0 unspecified atom stereocenters. The zero-order valence-corrected chi connectivity index (χ0v) is 19.6. The van der Waals surface area contributed by atoms with Crippen molar-refractivity contribution in [2.45, 2.75) is 6.92 Å². The third-order valence-corrected chi connectivity index (χ3v) is 6.14. The van der Waals surface area contributed by atoms with Crippen molar-refractivity contribution < 1.29 is 9.59 Å². The molecule has 1 amide bonds. The molecule has 11 heteroatoms. The number of azo groups is 1. The molecule has 0 saturated heterocycles. The number of nitrogen functional groups attached to an aromatic ring is 1. The molecule has 2 aromatic carbocycles. The molecular formula is C24H14ClN7O2S. The van der Waals surface area contributed by atoms with E-state index in [1.165, 1.54) is 13.0 Å². The fourth-order valence-electron chi connectivity index (χ4n) is 3.42. The molecule has 35 heavy (non-hydrogen) atoms. The van der Waals surface area contributed by atoms with Crippen molar-refractivity contribution >= 4 is 68.5 Å². The number of anilines is 2. The van der Waals surface area contributed by atoms with Crippen molar-refractivity contribution in [3.8, 4) is 6.07 Å². The summed E-state index contributed by atoms with van der Waals surface area (Å²) in [6, 6.07) is 13.4. The number of benzene rings is 2. The van der Waals surface area contributed by atoms with Gasteiger partial charge in [-0.15, -0.1) is 10.2 Å². The Morgan fingerprint density at radius 3 is 2.71 bits per heavy atom. The molecule has 0 bridgehead atoms. The summed E-state index contributed by atoms with van der Waals surface area (Å²) in [6.07, 6.45) is 1.51. The fourth-order valence-corrected chi connectivity index (χ4v) is 4.45. The first-order valence-corrected chi connectivity index (χ1v) is 11.1. The largest absolute Gasteiger partial charge is 0.399 e. The van der Waals surface area contributed by atoms with Crippen LogP contribution in [-0.2, 0) is 4.79 Å². The first kappa shape index (κ1) is 23.5. The Labute approximate surface area is 208 Å². The minimum Gasteiger partial charge on any atom is -0.399 e. The summed E-state index contributed by atoms with van der Waals surface area (Å²) in [5.74, 6) is -0.609. The molecule has 3 aromatic rings. The number of hydrogen-bond acceptors (Lipinski definition) is 8. The number of nitrogens with one attached hydrogen (secondary N) is 1. The molecule has 1 aromatic heterocycles. The Balaban J connectivity index is 1.73. The van der Waals surface area contributed by atoms with E-state index in [9.17, 15) is 14.9 Å². The third-order valence-electron chi connectivity index (χ3n) is 4.86. The molecule has 0 aliphatic heterocycles. The van der Waals surface area contributed by atoms with Crippen LogP contribution < -0.4 is 11.1 Å². The Kier molecular flexibility index (Phi) is 6.51. The smallest absolute Gasteiger partial charge is 0.270 e. The van der Waals surface area contributed by atoms with E-state index in [1.807, 2.05) is 6.07 Å². The zero-order valence-electron chi connectivity index (χ0n) is 18.0. The Morgan fingerprint density at radius 1 is 1.29 bits per heavy atom. The highest BCUT2D eigenvalue weighted by atomic mass is 35.5. The van der Waals surface area contributed by atoms with Crippen LogP contribution in [0.4, 0.5) is 22.2 Å². The number of aromatic nitrogens is 1. The van der Waals surface area contributed by atoms with Crippen molar-refractivity contribution in [2.75, 3.05) is 11.1 Å². The van der Waals surface area contributed by atoms with Gasteiger partial charge in [-0.1, -0.05) is 47.2 Å². The summed E-state index contributed by atoms with van der Waals surface area (Å²) in [7, 11) is 0. The van der Waals surface area contributed by atoms with Gasteiger partial charge in [0.05, 0.1) is 23.2 Å². The van der Waals surface area contributed by atoms with Crippen LogP contribution >= 0.6 is 22.9 Å². The maximum absolute atomic E-state index is 13.1. The average molecular weight is 500 g/mol. The minimum absolute atomic E-state index is 0.0836. The van der Waals surface area contributed by atoms with E-state index in [0.717, 1.165) is 11.3 Å². The van der Waals surface area contributed by atoms with Crippen LogP contribution in [0.3, 0.4) is 0 Å². The number of allylic oxidation sites excluding steroid dienone is 3. The van der Waals surface area contributed by atoms with Crippen LogP contribution in [-0.4, -0.2) is 16.7 Å². The molecule has 170 valence electrons. The summed E-state index contributed by atoms with van der Waals surface area (Å²) in [5, 5.41) is 20.6. The SMILES string of the molecule is [C-]#[N+]/C(C#N)=C1/C(=Cc2sc(N=Nc3ccc(N)cc3NC(C)=O)nc2Cl)C(=O)c2ccccc21. The first-order chi connectivity index (χ1) is 16.8. The Morgan fingerprint density at radius 2 is 2.03 bits per heavy atom. The van der Waals surface area contributed by atoms with E-state index in [0.29, 0.717) is 33.1 Å². The number of ketones is 1. The van der Waals surface area contributed by atoms with E-state index in [4.69, 9.17) is 23.9 Å². The van der Waals surface area contributed by atoms with E-state index in [-0.39, 0.29) is 38.8 Å². The molecule has 0 saturated carbocycles. The van der Waals surface area contributed by atoms with Crippen LogP contribution in [0.15, 0.2) is 64.0 Å². The van der Waals surface area contributed by atoms with Gasteiger partial charge in [-0.2, -0.15) is 0 Å². The number of nitrogens with two attached hydrogens (primary N) is 1. The standard InChI is InChI=1S/C24H14ClN7O2S/c1-12(33)29-18-9-13(27)7-8-17(18)31-32-24-30-23(25)20(35-24)10-16-21(19(11-26)28-2)14-5-3-4-6-15(14)22(16)34/h3-10H,27H2,1H3,(H,29,33)/b16-10?,21-19+,32-31?. The van der Waals surface area contributed by atoms with Gasteiger partial charge in [0.15, 0.2) is 5.78 Å². The van der Waals surface area contributed by atoms with Crippen LogP contribution in [0.25, 0.3) is 16.5 Å². The highest BCUT2D eigenvalue weighted by molar-refractivity contribution is 7.16. The summed E-state index contributed by atoms with van der Waals surface area (Å²) >= 11 is 7.38. The van der Waals surface area contributed by atoms with Crippen LogP contribution in [0.5, 0.6) is 0 Å². The van der Waals surface area contributed by atoms with E-state index in [1.54, 1.807) is 42.5 Å². The highest BCUT2D eigenvalue weighted by Crippen LogP contribution is 2.42. The van der Waals surface area contributed by atoms with Gasteiger partial charge in [0, 0.05) is 29.3 Å². The van der Waals surface area contributed by atoms with E-state index in [2.05, 4.69) is 25.4 Å². The molecule has 0 fully saturated rings. The quantitative estimate of drug-likeness (QED) is 0.145. The third kappa shape index (κ3) is 4.70. The molecule has 1 heterocycles. The molecule has 0 radical (unpaired) electrons. The molecule has 9 nitrogen and oxygen atoms in total. The second-order valence-corrected chi connectivity index (χ2v) is 8.56. The summed E-state index contributed by atoms with van der Waals surface area (Å²) in [4.78, 5) is 32.4. The average Bonchev–Trinajstić information content (AvgIpc) is 3.31. The lowest BCUT2D eigenvalue weighted by atomic mass is 10.0. The molecule has 0 atom stereocenters. The van der Waals surface area contributed by atoms with Gasteiger partial charge in [0.25, 0.3) is 5.70 Å². The number of thiazole rings is 1. The van der Waals surface area contributed by atoms with E-state index >= 15 is 0 Å². The summed E-state index contributed by atoms with van der Waals surface area (Å²) in [5.41, 5.74) is 8.15. The van der Waals surface area contributed by atoms with Gasteiger partial charge in [-0.25, -0.2) is 15.1 Å². The lowest BCUT2D eigenvalue weighted by Crippen LogP contribution is -2.06. The van der Waals surface area contributed by atoms with Crippen LogP contribution in [0, 0.1) is 17.9 Å². The number of halogens is 1. The van der Waals surface area contributed by atoms with Gasteiger partial charge in [0.1, 0.15) is 10.8 Å². The Bertz CT molecular complexity index is 1560. The molecular weight excluding hydrogens is 486 g/mol. The van der Waals surface area contributed by atoms with Gasteiger partial charge in [-0.05, 0) is 29.8 Å². The number of carbonyl (C=O) groups is 2. The number of rotatable bonds is 4. The Hall–Kier alpha value is -4.64. The number of Topliss-reactive ketones (excluding diaryl/α,β-unsaturated/α-hetero) is 1. The fraction of sp³-hybridized carbons (Fsp3) is 0.0417. The number of fused-ring (bicyclic) bond motifs is 1. The number of hydrogen-bond donors (Lipinski definition) is 2. The van der Waals surface area contributed by atoms with Crippen molar-refractivity contribution in [3.05, 3.63) is 86.3 Å². The van der Waals surface area contributed by atoms with Crippen LogP contribution in [0.2, 0.25) is 5.15 Å². The van der Waals surface area contributed by atoms with Crippen molar-refractivity contribution in [3.63, 3.8) is 0 Å². The lowest BCUT2D eigenvalue weighted by Gasteiger charge is -2.05. The predicted molar refractivity (Wildman–Crippen MR) is 134 cm³/mol. The number of amides is 1. The normalized spacial score (nSPS) is 15.1. The second-order valence-electron chi connectivity index (χ2n) is 7.19. The number of carbonyl (C=O) groups excluding carboxylic acids is 2. The maximum atomic E-state index is 13.1. The summed E-state index contributed by atoms with van der Waals surface area (Å²) < 4.78 is 0. The topological polar surface area (TPSA) is 138 Å². The molecule has 4 rings (SSSR count). The van der Waals surface area contributed by atoms with Gasteiger partial charge in [-0.3, -0.25) is 9.59 Å². The van der Waals surface area contributed by atoms with Gasteiger partial charge >= 0.3 is 0 Å². The van der Waals surface area contributed by atoms with Gasteiger partial charge < -0.3 is 11.1 Å².